The Morgan fingerprint density at radius 3 is 2.58 bits per heavy atom. The van der Waals surface area contributed by atoms with Crippen molar-refractivity contribution in [3.8, 4) is 5.69 Å². The number of aromatic nitrogens is 2. The van der Waals surface area contributed by atoms with E-state index in [0.717, 1.165) is 16.9 Å². The first-order valence-electron chi connectivity index (χ1n) is 8.73. The standard InChI is InChI=1S/C19H24N4O3/c1-12(2)17-15(10-21-23(17)14-6-4-13(3)5-7-14)19(25)22-8-9-26-16(11-22)18(20)24/h4-7,10,12,16H,8-9,11H2,1-3H3,(H2,20,24). The van der Waals surface area contributed by atoms with Gasteiger partial charge in [0.1, 0.15) is 0 Å². The van der Waals surface area contributed by atoms with Gasteiger partial charge in [0.25, 0.3) is 5.91 Å². The van der Waals surface area contributed by atoms with Gasteiger partial charge in [-0.3, -0.25) is 9.59 Å². The van der Waals surface area contributed by atoms with Crippen LogP contribution in [-0.4, -0.2) is 52.3 Å². The molecule has 138 valence electrons. The summed E-state index contributed by atoms with van der Waals surface area (Å²) in [7, 11) is 0. The summed E-state index contributed by atoms with van der Waals surface area (Å²) in [6.45, 7) is 6.98. The quantitative estimate of drug-likeness (QED) is 0.901. The molecule has 0 aliphatic carbocycles. The van der Waals surface area contributed by atoms with Crippen LogP contribution in [0.2, 0.25) is 0 Å². The number of morpholine rings is 1. The van der Waals surface area contributed by atoms with E-state index in [2.05, 4.69) is 5.10 Å². The Kier molecular flexibility index (Phi) is 5.08. The molecule has 0 spiro atoms. The molecule has 0 bridgehead atoms. The van der Waals surface area contributed by atoms with Crippen molar-refractivity contribution >= 4 is 11.8 Å². The highest BCUT2D eigenvalue weighted by Crippen LogP contribution is 2.25. The van der Waals surface area contributed by atoms with Gasteiger partial charge < -0.3 is 15.4 Å². The SMILES string of the molecule is Cc1ccc(-n2ncc(C(=O)N3CCOC(C(N)=O)C3)c2C(C)C)cc1. The Hall–Kier alpha value is -2.67. The topological polar surface area (TPSA) is 90.4 Å². The minimum absolute atomic E-state index is 0.103. The fraction of sp³-hybridized carbons (Fsp3) is 0.421. The van der Waals surface area contributed by atoms with Gasteiger partial charge in [0.05, 0.1) is 36.3 Å². The van der Waals surface area contributed by atoms with Crippen LogP contribution < -0.4 is 5.73 Å². The van der Waals surface area contributed by atoms with Crippen molar-refractivity contribution in [1.82, 2.24) is 14.7 Å². The van der Waals surface area contributed by atoms with Gasteiger partial charge in [0.15, 0.2) is 6.10 Å². The van der Waals surface area contributed by atoms with Crippen molar-refractivity contribution in [2.75, 3.05) is 19.7 Å². The molecule has 1 fully saturated rings. The first-order valence-corrected chi connectivity index (χ1v) is 8.73. The number of aryl methyl sites for hydroxylation is 1. The lowest BCUT2D eigenvalue weighted by Crippen LogP contribution is -2.50. The minimum atomic E-state index is -0.762. The van der Waals surface area contributed by atoms with E-state index in [1.54, 1.807) is 11.1 Å². The second-order valence-electron chi connectivity index (χ2n) is 6.86. The Morgan fingerprint density at radius 2 is 1.96 bits per heavy atom. The van der Waals surface area contributed by atoms with Crippen molar-refractivity contribution < 1.29 is 14.3 Å². The molecular formula is C19H24N4O3. The summed E-state index contributed by atoms with van der Waals surface area (Å²) in [6, 6.07) is 8.00. The maximum atomic E-state index is 13.1. The molecule has 2 amide bonds. The lowest BCUT2D eigenvalue weighted by Gasteiger charge is -2.31. The lowest BCUT2D eigenvalue weighted by molar-refractivity contribution is -0.133. The first kappa shape index (κ1) is 18.1. The predicted molar refractivity (Wildman–Crippen MR) is 97.2 cm³/mol. The molecule has 0 radical (unpaired) electrons. The zero-order valence-electron chi connectivity index (χ0n) is 15.3. The normalized spacial score (nSPS) is 17.5. The molecule has 3 rings (SSSR count). The van der Waals surface area contributed by atoms with Crippen LogP contribution in [0.25, 0.3) is 5.69 Å². The number of nitrogens with zero attached hydrogens (tertiary/aromatic N) is 3. The number of hydrogen-bond donors (Lipinski definition) is 1. The van der Waals surface area contributed by atoms with Crippen molar-refractivity contribution in [3.05, 3.63) is 47.3 Å². The third kappa shape index (κ3) is 3.48. The van der Waals surface area contributed by atoms with E-state index in [9.17, 15) is 9.59 Å². The highest BCUT2D eigenvalue weighted by atomic mass is 16.5. The molecule has 2 N–H and O–H groups in total. The van der Waals surface area contributed by atoms with Crippen molar-refractivity contribution in [2.45, 2.75) is 32.8 Å². The third-order valence-corrected chi connectivity index (χ3v) is 4.53. The monoisotopic (exact) mass is 356 g/mol. The summed E-state index contributed by atoms with van der Waals surface area (Å²) in [5.41, 5.74) is 8.79. The molecular weight excluding hydrogens is 332 g/mol. The average Bonchev–Trinajstić information content (AvgIpc) is 3.07. The van der Waals surface area contributed by atoms with E-state index in [4.69, 9.17) is 10.5 Å². The zero-order chi connectivity index (χ0) is 18.8. The van der Waals surface area contributed by atoms with Crippen LogP contribution in [0.1, 0.15) is 41.4 Å². The van der Waals surface area contributed by atoms with Crippen LogP contribution in [0.4, 0.5) is 0 Å². The summed E-state index contributed by atoms with van der Waals surface area (Å²) >= 11 is 0. The number of benzene rings is 1. The highest BCUT2D eigenvalue weighted by molar-refractivity contribution is 5.96. The lowest BCUT2D eigenvalue weighted by atomic mass is 10.0. The molecule has 1 unspecified atom stereocenters. The molecule has 0 saturated carbocycles. The number of carbonyl (C=O) groups is 2. The van der Waals surface area contributed by atoms with Gasteiger partial charge in [-0.15, -0.1) is 0 Å². The summed E-state index contributed by atoms with van der Waals surface area (Å²) < 4.78 is 7.14. The molecule has 1 aliphatic heterocycles. The molecule has 1 aromatic carbocycles. The molecule has 26 heavy (non-hydrogen) atoms. The number of rotatable bonds is 4. The molecule has 2 aromatic rings. The maximum Gasteiger partial charge on any atom is 0.257 e. The number of amides is 2. The zero-order valence-corrected chi connectivity index (χ0v) is 15.3. The average molecular weight is 356 g/mol. The number of nitrogens with two attached hydrogens (primary N) is 1. The predicted octanol–water partition coefficient (Wildman–Crippen LogP) is 1.63. The van der Waals surface area contributed by atoms with E-state index >= 15 is 0 Å². The van der Waals surface area contributed by atoms with Crippen LogP contribution >= 0.6 is 0 Å². The van der Waals surface area contributed by atoms with E-state index in [1.165, 1.54) is 0 Å². The van der Waals surface area contributed by atoms with E-state index < -0.39 is 12.0 Å². The summed E-state index contributed by atoms with van der Waals surface area (Å²) in [6.07, 6.45) is 0.842. The van der Waals surface area contributed by atoms with Crippen molar-refractivity contribution in [1.29, 1.82) is 0 Å². The van der Waals surface area contributed by atoms with Crippen molar-refractivity contribution in [3.63, 3.8) is 0 Å². The van der Waals surface area contributed by atoms with Gasteiger partial charge in [-0.1, -0.05) is 31.5 Å². The molecule has 7 nitrogen and oxygen atoms in total. The maximum absolute atomic E-state index is 13.1. The third-order valence-electron chi connectivity index (χ3n) is 4.53. The second kappa shape index (κ2) is 7.29. The van der Waals surface area contributed by atoms with Crippen LogP contribution in [0.5, 0.6) is 0 Å². The van der Waals surface area contributed by atoms with Crippen LogP contribution in [0, 0.1) is 6.92 Å². The Bertz CT molecular complexity index is 811. The van der Waals surface area contributed by atoms with Crippen LogP contribution in [0.3, 0.4) is 0 Å². The summed E-state index contributed by atoms with van der Waals surface area (Å²) in [5.74, 6) is -0.603. The van der Waals surface area contributed by atoms with Crippen molar-refractivity contribution in [2.24, 2.45) is 5.73 Å². The van der Waals surface area contributed by atoms with Gasteiger partial charge in [0, 0.05) is 6.54 Å². The number of carbonyl (C=O) groups excluding carboxylic acids is 2. The van der Waals surface area contributed by atoms with Gasteiger partial charge in [0.2, 0.25) is 5.91 Å². The van der Waals surface area contributed by atoms with E-state index in [1.807, 2.05) is 49.7 Å². The Balaban J connectivity index is 1.93. The van der Waals surface area contributed by atoms with Crippen LogP contribution in [0.15, 0.2) is 30.5 Å². The summed E-state index contributed by atoms with van der Waals surface area (Å²) in [5, 5.41) is 4.45. The second-order valence-corrected chi connectivity index (χ2v) is 6.86. The van der Waals surface area contributed by atoms with Crippen LogP contribution in [-0.2, 0) is 9.53 Å². The molecule has 7 heteroatoms. The van der Waals surface area contributed by atoms with Gasteiger partial charge in [-0.05, 0) is 25.0 Å². The van der Waals surface area contributed by atoms with Gasteiger partial charge >= 0.3 is 0 Å². The molecule has 1 aromatic heterocycles. The largest absolute Gasteiger partial charge is 0.367 e. The minimum Gasteiger partial charge on any atom is -0.367 e. The van der Waals surface area contributed by atoms with E-state index in [0.29, 0.717) is 18.7 Å². The summed E-state index contributed by atoms with van der Waals surface area (Å²) in [4.78, 5) is 26.1. The first-order chi connectivity index (χ1) is 12.4. The Morgan fingerprint density at radius 1 is 1.27 bits per heavy atom. The Labute approximate surface area is 152 Å². The smallest absolute Gasteiger partial charge is 0.257 e. The number of primary amides is 1. The number of hydrogen-bond acceptors (Lipinski definition) is 4. The highest BCUT2D eigenvalue weighted by Gasteiger charge is 2.31. The number of ether oxygens (including phenoxy) is 1. The van der Waals surface area contributed by atoms with Gasteiger partial charge in [-0.2, -0.15) is 5.10 Å². The molecule has 1 saturated heterocycles. The molecule has 2 heterocycles. The van der Waals surface area contributed by atoms with Gasteiger partial charge in [-0.25, -0.2) is 4.68 Å². The molecule has 1 aliphatic rings. The fourth-order valence-corrected chi connectivity index (χ4v) is 3.15. The van der Waals surface area contributed by atoms with E-state index in [-0.39, 0.29) is 18.4 Å². The fourth-order valence-electron chi connectivity index (χ4n) is 3.15. The molecule has 1 atom stereocenters.